The Morgan fingerprint density at radius 1 is 1.23 bits per heavy atom. The van der Waals surface area contributed by atoms with Crippen molar-refractivity contribution in [2.24, 2.45) is 5.92 Å². The van der Waals surface area contributed by atoms with Crippen LogP contribution in [0.15, 0.2) is 34.7 Å². The Balaban J connectivity index is 1.33. The summed E-state index contributed by atoms with van der Waals surface area (Å²) in [5, 5.41) is 11.6. The first-order chi connectivity index (χ1) is 14.5. The minimum absolute atomic E-state index is 0.117. The van der Waals surface area contributed by atoms with Crippen molar-refractivity contribution in [1.82, 2.24) is 10.2 Å². The second kappa shape index (κ2) is 9.28. The van der Waals surface area contributed by atoms with Crippen LogP contribution in [-0.4, -0.2) is 29.2 Å². The fourth-order valence-electron chi connectivity index (χ4n) is 3.30. The first-order valence-corrected chi connectivity index (χ1v) is 12.2. The summed E-state index contributed by atoms with van der Waals surface area (Å²) < 4.78 is 5.48. The van der Waals surface area contributed by atoms with E-state index < -0.39 is 0 Å². The number of ether oxygens (including phenoxy) is 1. The number of aromatic nitrogens is 2. The van der Waals surface area contributed by atoms with Crippen LogP contribution in [0.4, 0.5) is 5.13 Å². The monoisotopic (exact) mass is 459 g/mol. The summed E-state index contributed by atoms with van der Waals surface area (Å²) >= 11 is 4.49. The van der Waals surface area contributed by atoms with E-state index in [9.17, 15) is 9.59 Å². The molecule has 1 N–H and O–H groups in total. The number of thioether (sulfide) groups is 1. The van der Waals surface area contributed by atoms with Crippen LogP contribution in [-0.2, 0) is 23.3 Å². The van der Waals surface area contributed by atoms with Crippen molar-refractivity contribution in [2.45, 2.75) is 36.3 Å². The minimum Gasteiger partial charge on any atom is -0.465 e. The molecule has 6 nitrogen and oxygen atoms in total. The second-order valence-corrected chi connectivity index (χ2v) is 10.5. The maximum atomic E-state index is 12.6. The van der Waals surface area contributed by atoms with Gasteiger partial charge in [0, 0.05) is 10.6 Å². The maximum Gasteiger partial charge on any atom is 0.337 e. The van der Waals surface area contributed by atoms with Crippen molar-refractivity contribution in [3.63, 3.8) is 0 Å². The molecule has 2 aromatic heterocycles. The molecule has 1 amide bonds. The molecule has 0 saturated heterocycles. The summed E-state index contributed by atoms with van der Waals surface area (Å²) in [5.41, 5.74) is 2.90. The molecule has 156 valence electrons. The van der Waals surface area contributed by atoms with Crippen LogP contribution < -0.4 is 5.32 Å². The molecule has 0 radical (unpaired) electrons. The Hall–Kier alpha value is -2.23. The van der Waals surface area contributed by atoms with Crippen LogP contribution in [0.5, 0.6) is 0 Å². The zero-order valence-corrected chi connectivity index (χ0v) is 19.1. The molecule has 1 aliphatic carbocycles. The summed E-state index contributed by atoms with van der Waals surface area (Å²) in [5.74, 6) is 0.912. The number of rotatable bonds is 6. The first-order valence-electron chi connectivity index (χ1n) is 9.58. The average molecular weight is 460 g/mol. The van der Waals surface area contributed by atoms with Crippen molar-refractivity contribution < 1.29 is 14.3 Å². The second-order valence-electron chi connectivity index (χ2n) is 7.21. The molecule has 4 rings (SSSR count). The van der Waals surface area contributed by atoms with Crippen molar-refractivity contribution >= 4 is 51.4 Å². The first kappa shape index (κ1) is 21.0. The summed E-state index contributed by atoms with van der Waals surface area (Å²) in [6.45, 7) is 2.26. The lowest BCUT2D eigenvalue weighted by molar-refractivity contribution is 0.0600. The van der Waals surface area contributed by atoms with E-state index in [1.807, 2.05) is 18.2 Å². The number of thiophene rings is 1. The van der Waals surface area contributed by atoms with Crippen LogP contribution in [0, 0.1) is 5.92 Å². The highest BCUT2D eigenvalue weighted by molar-refractivity contribution is 8.00. The van der Waals surface area contributed by atoms with E-state index >= 15 is 0 Å². The van der Waals surface area contributed by atoms with Gasteiger partial charge in [0.05, 0.1) is 17.6 Å². The molecular formula is C21H21N3O3S3. The Kier molecular flexibility index (Phi) is 6.50. The third-order valence-electron chi connectivity index (χ3n) is 4.92. The number of methoxy groups -OCH3 is 1. The molecule has 2 heterocycles. The van der Waals surface area contributed by atoms with Gasteiger partial charge in [-0.1, -0.05) is 42.2 Å². The van der Waals surface area contributed by atoms with E-state index in [0.717, 1.165) is 27.6 Å². The molecule has 1 unspecified atom stereocenters. The number of carbonyl (C=O) groups excluding carboxylic acids is 2. The molecule has 0 aliphatic heterocycles. The van der Waals surface area contributed by atoms with Gasteiger partial charge < -0.3 is 4.74 Å². The standard InChI is InChI=1S/C21H21N3O3S3/c1-12-3-8-16-15(9-12)10-17(29-16)18(25)22-20-23-24-21(30-20)28-11-13-4-6-14(7-5-13)19(26)27-2/h4-7,10,12H,3,8-9,11H2,1-2H3,(H,22,23,25). The number of amides is 1. The number of benzene rings is 1. The molecule has 1 aromatic carbocycles. The van der Waals surface area contributed by atoms with Crippen LogP contribution in [0.2, 0.25) is 0 Å². The van der Waals surface area contributed by atoms with Gasteiger partial charge in [0.15, 0.2) is 4.34 Å². The zero-order chi connectivity index (χ0) is 21.1. The van der Waals surface area contributed by atoms with Crippen LogP contribution in [0.3, 0.4) is 0 Å². The Morgan fingerprint density at radius 3 is 2.80 bits per heavy atom. The molecule has 0 fully saturated rings. The third-order valence-corrected chi connectivity index (χ3v) is 8.20. The highest BCUT2D eigenvalue weighted by atomic mass is 32.2. The Bertz CT molecular complexity index is 1060. The smallest absolute Gasteiger partial charge is 0.337 e. The zero-order valence-electron chi connectivity index (χ0n) is 16.6. The molecule has 0 spiro atoms. The molecule has 9 heteroatoms. The average Bonchev–Trinajstić information content (AvgIpc) is 3.38. The molecule has 0 saturated carbocycles. The van der Waals surface area contributed by atoms with Crippen LogP contribution >= 0.6 is 34.4 Å². The van der Waals surface area contributed by atoms with Gasteiger partial charge in [-0.15, -0.1) is 21.5 Å². The third kappa shape index (κ3) is 4.91. The van der Waals surface area contributed by atoms with Gasteiger partial charge in [-0.3, -0.25) is 10.1 Å². The highest BCUT2D eigenvalue weighted by Gasteiger charge is 2.21. The Morgan fingerprint density at radius 2 is 2.03 bits per heavy atom. The number of anilines is 1. The predicted octanol–water partition coefficient (Wildman–Crippen LogP) is 5.06. The number of hydrogen-bond acceptors (Lipinski definition) is 8. The molecule has 30 heavy (non-hydrogen) atoms. The number of carbonyl (C=O) groups is 2. The van der Waals surface area contributed by atoms with Crippen molar-refractivity contribution in [1.29, 1.82) is 0 Å². The summed E-state index contributed by atoms with van der Waals surface area (Å²) in [4.78, 5) is 26.2. The van der Waals surface area contributed by atoms with Gasteiger partial charge >= 0.3 is 5.97 Å². The molecule has 3 aromatic rings. The summed E-state index contributed by atoms with van der Waals surface area (Å²) in [6.07, 6.45) is 3.31. The lowest BCUT2D eigenvalue weighted by Crippen LogP contribution is -2.10. The highest BCUT2D eigenvalue weighted by Crippen LogP contribution is 2.33. The normalized spacial score (nSPS) is 15.5. The number of fused-ring (bicyclic) bond motifs is 1. The maximum absolute atomic E-state index is 12.6. The molecule has 0 bridgehead atoms. The fourth-order valence-corrected chi connectivity index (χ4v) is 6.10. The topological polar surface area (TPSA) is 81.2 Å². The molecular weight excluding hydrogens is 438 g/mol. The van der Waals surface area contributed by atoms with E-state index in [-0.39, 0.29) is 11.9 Å². The largest absolute Gasteiger partial charge is 0.465 e. The summed E-state index contributed by atoms with van der Waals surface area (Å²) in [7, 11) is 1.37. The fraction of sp³-hybridized carbons (Fsp3) is 0.333. The molecule has 1 atom stereocenters. The van der Waals surface area contributed by atoms with Crippen LogP contribution in [0.1, 0.15) is 49.4 Å². The Labute approximate surface area is 187 Å². The number of aryl methyl sites for hydroxylation is 1. The van der Waals surface area contributed by atoms with Crippen molar-refractivity contribution in [3.8, 4) is 0 Å². The van der Waals surface area contributed by atoms with Gasteiger partial charge in [0.25, 0.3) is 5.91 Å². The SMILES string of the molecule is COC(=O)c1ccc(CSc2nnc(NC(=O)c3cc4c(s3)CCC(C)C4)s2)cc1. The van der Waals surface area contributed by atoms with E-state index in [0.29, 0.717) is 22.4 Å². The number of nitrogens with one attached hydrogen (secondary N) is 1. The lowest BCUT2D eigenvalue weighted by atomic mass is 9.90. The number of esters is 1. The number of nitrogens with zero attached hydrogens (tertiary/aromatic N) is 2. The summed E-state index contributed by atoms with van der Waals surface area (Å²) in [6, 6.07) is 9.30. The van der Waals surface area contributed by atoms with E-state index in [4.69, 9.17) is 4.74 Å². The molecule has 1 aliphatic rings. The van der Waals surface area contributed by atoms with Gasteiger partial charge in [-0.2, -0.15) is 0 Å². The quantitative estimate of drug-likeness (QED) is 0.315. The van der Waals surface area contributed by atoms with Crippen LogP contribution in [0.25, 0.3) is 0 Å². The van der Waals surface area contributed by atoms with Gasteiger partial charge in [-0.05, 0) is 54.5 Å². The van der Waals surface area contributed by atoms with Gasteiger partial charge in [0.2, 0.25) is 5.13 Å². The van der Waals surface area contributed by atoms with Crippen molar-refractivity contribution in [2.75, 3.05) is 12.4 Å². The van der Waals surface area contributed by atoms with Gasteiger partial charge in [0.1, 0.15) is 0 Å². The van der Waals surface area contributed by atoms with Gasteiger partial charge in [-0.25, -0.2) is 4.79 Å². The van der Waals surface area contributed by atoms with E-state index in [1.54, 1.807) is 23.5 Å². The number of hydrogen-bond donors (Lipinski definition) is 1. The predicted molar refractivity (Wildman–Crippen MR) is 121 cm³/mol. The van der Waals surface area contributed by atoms with E-state index in [1.165, 1.54) is 47.1 Å². The minimum atomic E-state index is -0.347. The lowest BCUT2D eigenvalue weighted by Gasteiger charge is -2.16. The van der Waals surface area contributed by atoms with E-state index in [2.05, 4.69) is 22.4 Å². The van der Waals surface area contributed by atoms with Crippen molar-refractivity contribution in [3.05, 3.63) is 56.8 Å².